The maximum Gasteiger partial charge on any atom is 0.234 e. The Balaban J connectivity index is 1.79. The number of carbonyl (C=O) groups excluding carboxylic acids is 1. The molecule has 2 unspecified atom stereocenters. The van der Waals surface area contributed by atoms with E-state index in [1.807, 2.05) is 6.92 Å². The normalized spacial score (nSPS) is 28.0. The van der Waals surface area contributed by atoms with Crippen LogP contribution in [0.25, 0.3) is 0 Å². The Morgan fingerprint density at radius 1 is 1.37 bits per heavy atom. The van der Waals surface area contributed by atoms with E-state index in [9.17, 15) is 9.90 Å². The molecule has 2 fully saturated rings. The van der Waals surface area contributed by atoms with Crippen molar-refractivity contribution in [3.63, 3.8) is 0 Å². The zero-order chi connectivity index (χ0) is 13.7. The topological polar surface area (TPSA) is 61.8 Å². The van der Waals surface area contributed by atoms with Crippen molar-refractivity contribution in [1.29, 1.82) is 0 Å². The number of hydrogen-bond acceptors (Lipinski definition) is 4. The number of ether oxygens (including phenoxy) is 1. The first-order valence-electron chi connectivity index (χ1n) is 7.46. The Morgan fingerprint density at radius 3 is 2.79 bits per heavy atom. The third kappa shape index (κ3) is 4.44. The number of likely N-dealkylation sites (tertiary alicyclic amines) is 1. The number of nitrogens with zero attached hydrogens (tertiary/aromatic N) is 1. The lowest BCUT2D eigenvalue weighted by Gasteiger charge is -2.37. The van der Waals surface area contributed by atoms with Crippen LogP contribution in [0.1, 0.15) is 39.0 Å². The Kier molecular flexibility index (Phi) is 5.60. The maximum atomic E-state index is 12.1. The van der Waals surface area contributed by atoms with Crippen molar-refractivity contribution in [2.45, 2.75) is 57.2 Å². The van der Waals surface area contributed by atoms with Crippen LogP contribution in [0.15, 0.2) is 0 Å². The molecule has 2 N–H and O–H groups in total. The van der Waals surface area contributed by atoms with Gasteiger partial charge in [-0.05, 0) is 39.2 Å². The SMILES string of the molecule is CC(O)C1CCCCN1CC(=O)NC1CCOCC1. The van der Waals surface area contributed by atoms with Crippen LogP contribution in [0, 0.1) is 0 Å². The fourth-order valence-electron chi connectivity index (χ4n) is 3.06. The van der Waals surface area contributed by atoms with Gasteiger partial charge in [0.15, 0.2) is 0 Å². The zero-order valence-electron chi connectivity index (χ0n) is 11.8. The van der Waals surface area contributed by atoms with E-state index < -0.39 is 0 Å². The van der Waals surface area contributed by atoms with Crippen LogP contribution >= 0.6 is 0 Å². The summed E-state index contributed by atoms with van der Waals surface area (Å²) in [5, 5.41) is 12.9. The second kappa shape index (κ2) is 7.22. The Labute approximate surface area is 115 Å². The molecule has 19 heavy (non-hydrogen) atoms. The first-order chi connectivity index (χ1) is 9.16. The molecule has 2 aliphatic heterocycles. The summed E-state index contributed by atoms with van der Waals surface area (Å²) in [7, 11) is 0. The minimum Gasteiger partial charge on any atom is -0.392 e. The van der Waals surface area contributed by atoms with Crippen molar-refractivity contribution < 1.29 is 14.6 Å². The maximum absolute atomic E-state index is 12.1. The fraction of sp³-hybridized carbons (Fsp3) is 0.929. The van der Waals surface area contributed by atoms with Gasteiger partial charge in [-0.3, -0.25) is 9.69 Å². The van der Waals surface area contributed by atoms with Gasteiger partial charge in [0.05, 0.1) is 12.6 Å². The Morgan fingerprint density at radius 2 is 2.11 bits per heavy atom. The van der Waals surface area contributed by atoms with Gasteiger partial charge < -0.3 is 15.2 Å². The van der Waals surface area contributed by atoms with Crippen LogP contribution < -0.4 is 5.32 Å². The van der Waals surface area contributed by atoms with Crippen molar-refractivity contribution >= 4 is 5.91 Å². The van der Waals surface area contributed by atoms with Gasteiger partial charge in [-0.15, -0.1) is 0 Å². The number of aliphatic hydroxyl groups excluding tert-OH is 1. The predicted molar refractivity (Wildman–Crippen MR) is 72.9 cm³/mol. The highest BCUT2D eigenvalue weighted by Gasteiger charge is 2.28. The highest BCUT2D eigenvalue weighted by molar-refractivity contribution is 5.78. The smallest absolute Gasteiger partial charge is 0.234 e. The van der Waals surface area contributed by atoms with E-state index in [4.69, 9.17) is 4.74 Å². The third-order valence-corrected chi connectivity index (χ3v) is 4.15. The van der Waals surface area contributed by atoms with Gasteiger partial charge in [0.2, 0.25) is 5.91 Å². The van der Waals surface area contributed by atoms with Crippen LogP contribution in [-0.4, -0.2) is 60.4 Å². The first-order valence-corrected chi connectivity index (χ1v) is 7.46. The van der Waals surface area contributed by atoms with Crippen LogP contribution in [0.5, 0.6) is 0 Å². The number of rotatable bonds is 4. The van der Waals surface area contributed by atoms with Crippen LogP contribution in [0.2, 0.25) is 0 Å². The van der Waals surface area contributed by atoms with E-state index in [0.717, 1.165) is 51.9 Å². The molecule has 2 saturated heterocycles. The summed E-state index contributed by atoms with van der Waals surface area (Å²) in [5.74, 6) is 0.0828. The molecule has 2 aliphatic rings. The van der Waals surface area contributed by atoms with Crippen molar-refractivity contribution in [1.82, 2.24) is 10.2 Å². The molecule has 1 amide bonds. The summed E-state index contributed by atoms with van der Waals surface area (Å²) in [6, 6.07) is 0.394. The molecular weight excluding hydrogens is 244 g/mol. The summed E-state index contributed by atoms with van der Waals surface area (Å²) < 4.78 is 5.28. The number of carbonyl (C=O) groups is 1. The van der Waals surface area contributed by atoms with E-state index in [1.54, 1.807) is 0 Å². The molecule has 0 aromatic carbocycles. The van der Waals surface area contributed by atoms with Gasteiger partial charge in [0, 0.05) is 25.3 Å². The monoisotopic (exact) mass is 270 g/mol. The van der Waals surface area contributed by atoms with Crippen molar-refractivity contribution in [2.24, 2.45) is 0 Å². The highest BCUT2D eigenvalue weighted by atomic mass is 16.5. The van der Waals surface area contributed by atoms with Gasteiger partial charge in [-0.1, -0.05) is 6.42 Å². The second-order valence-electron chi connectivity index (χ2n) is 5.73. The minimum absolute atomic E-state index is 0.0828. The third-order valence-electron chi connectivity index (χ3n) is 4.15. The molecule has 0 saturated carbocycles. The van der Waals surface area contributed by atoms with Crippen LogP contribution in [0.4, 0.5) is 0 Å². The molecule has 2 rings (SSSR count). The second-order valence-corrected chi connectivity index (χ2v) is 5.73. The van der Waals surface area contributed by atoms with Gasteiger partial charge in [0.1, 0.15) is 0 Å². The van der Waals surface area contributed by atoms with Crippen molar-refractivity contribution in [3.05, 3.63) is 0 Å². The van der Waals surface area contributed by atoms with Gasteiger partial charge in [-0.2, -0.15) is 0 Å². The Hall–Kier alpha value is -0.650. The molecule has 0 radical (unpaired) electrons. The van der Waals surface area contributed by atoms with E-state index in [-0.39, 0.29) is 24.1 Å². The van der Waals surface area contributed by atoms with Crippen molar-refractivity contribution in [2.75, 3.05) is 26.3 Å². The molecular formula is C14H26N2O3. The molecule has 2 atom stereocenters. The Bertz CT molecular complexity index is 290. The summed E-state index contributed by atoms with van der Waals surface area (Å²) in [4.78, 5) is 14.2. The first kappa shape index (κ1) is 14.8. The summed E-state index contributed by atoms with van der Waals surface area (Å²) in [6.45, 7) is 4.62. The molecule has 0 bridgehead atoms. The predicted octanol–water partition coefficient (Wildman–Crippen LogP) is 0.517. The number of piperidine rings is 1. The molecule has 5 nitrogen and oxygen atoms in total. The number of hydrogen-bond donors (Lipinski definition) is 2. The van der Waals surface area contributed by atoms with E-state index >= 15 is 0 Å². The summed E-state index contributed by atoms with van der Waals surface area (Å²) in [6.07, 6.45) is 4.71. The number of aliphatic hydroxyl groups is 1. The van der Waals surface area contributed by atoms with Crippen LogP contribution in [0.3, 0.4) is 0 Å². The van der Waals surface area contributed by atoms with Crippen molar-refractivity contribution in [3.8, 4) is 0 Å². The minimum atomic E-state index is -0.365. The summed E-state index contributed by atoms with van der Waals surface area (Å²) >= 11 is 0. The number of amides is 1. The molecule has 0 aliphatic carbocycles. The van der Waals surface area contributed by atoms with Crippen LogP contribution in [-0.2, 0) is 9.53 Å². The molecule has 0 spiro atoms. The summed E-state index contributed by atoms with van der Waals surface area (Å²) in [5.41, 5.74) is 0. The van der Waals surface area contributed by atoms with E-state index in [1.165, 1.54) is 0 Å². The lowest BCUT2D eigenvalue weighted by atomic mass is 9.98. The highest BCUT2D eigenvalue weighted by Crippen LogP contribution is 2.19. The lowest BCUT2D eigenvalue weighted by Crippen LogP contribution is -2.51. The standard InChI is InChI=1S/C14H26N2O3/c1-11(17)13-4-2-3-7-16(13)10-14(18)15-12-5-8-19-9-6-12/h11-13,17H,2-10H2,1H3,(H,15,18). The zero-order valence-corrected chi connectivity index (χ0v) is 11.8. The fourth-order valence-corrected chi connectivity index (χ4v) is 3.06. The van der Waals surface area contributed by atoms with E-state index in [0.29, 0.717) is 6.54 Å². The van der Waals surface area contributed by atoms with Gasteiger partial charge in [-0.25, -0.2) is 0 Å². The molecule has 0 aromatic heterocycles. The largest absolute Gasteiger partial charge is 0.392 e. The molecule has 2 heterocycles. The van der Waals surface area contributed by atoms with Gasteiger partial charge in [0.25, 0.3) is 0 Å². The quantitative estimate of drug-likeness (QED) is 0.782. The molecule has 110 valence electrons. The average molecular weight is 270 g/mol. The molecule has 5 heteroatoms. The lowest BCUT2D eigenvalue weighted by molar-refractivity contribution is -0.125. The van der Waals surface area contributed by atoms with Gasteiger partial charge >= 0.3 is 0 Å². The molecule has 0 aromatic rings. The average Bonchev–Trinajstić information content (AvgIpc) is 2.40. The van der Waals surface area contributed by atoms with E-state index in [2.05, 4.69) is 10.2 Å². The number of nitrogens with one attached hydrogen (secondary N) is 1.